The number of unbranched alkanes of at least 4 members (excludes halogenated alkanes) is 6. The Hall–Kier alpha value is -1.64. The summed E-state index contributed by atoms with van der Waals surface area (Å²) in [5.41, 5.74) is 2.51. The van der Waals surface area contributed by atoms with Crippen LogP contribution in [0.4, 0.5) is 0 Å². The van der Waals surface area contributed by atoms with Gasteiger partial charge in [0.2, 0.25) is 0 Å². The van der Waals surface area contributed by atoms with Crippen LogP contribution >= 0.6 is 0 Å². The molecule has 2 aromatic rings. The lowest BCUT2D eigenvalue weighted by Gasteiger charge is -2.30. The number of hydrogen-bond acceptors (Lipinski definition) is 2. The highest BCUT2D eigenvalue weighted by Crippen LogP contribution is 2.34. The lowest BCUT2D eigenvalue weighted by molar-refractivity contribution is 0.0359. The van der Waals surface area contributed by atoms with E-state index in [0.717, 1.165) is 37.2 Å². The normalized spacial score (nSPS) is 13.5. The first kappa shape index (κ1) is 24.6. The highest BCUT2D eigenvalue weighted by molar-refractivity contribution is 5.68. The van der Waals surface area contributed by atoms with Gasteiger partial charge in [-0.05, 0) is 56.0 Å². The Morgan fingerprint density at radius 3 is 1.87 bits per heavy atom. The van der Waals surface area contributed by atoms with Crippen molar-refractivity contribution in [2.75, 3.05) is 19.6 Å². The van der Waals surface area contributed by atoms with Crippen LogP contribution in [0.1, 0.15) is 84.1 Å². The first-order valence-corrected chi connectivity index (χ1v) is 12.2. The van der Waals surface area contributed by atoms with Gasteiger partial charge in [0.15, 0.2) is 0 Å². The summed E-state index contributed by atoms with van der Waals surface area (Å²) in [5, 5.41) is 11.5. The van der Waals surface area contributed by atoms with E-state index in [0.29, 0.717) is 0 Å². The quantitative estimate of drug-likeness (QED) is 0.309. The topological polar surface area (TPSA) is 23.5 Å². The molecule has 166 valence electrons. The van der Waals surface area contributed by atoms with Crippen molar-refractivity contribution in [3.63, 3.8) is 0 Å². The van der Waals surface area contributed by atoms with Crippen molar-refractivity contribution < 1.29 is 5.11 Å². The van der Waals surface area contributed by atoms with Crippen molar-refractivity contribution in [1.29, 1.82) is 0 Å². The Morgan fingerprint density at radius 1 is 0.700 bits per heavy atom. The summed E-state index contributed by atoms with van der Waals surface area (Å²) in [6, 6.07) is 18.8. The Balaban J connectivity index is 2.04. The fourth-order valence-corrected chi connectivity index (χ4v) is 4.19. The van der Waals surface area contributed by atoms with E-state index in [9.17, 15) is 5.11 Å². The van der Waals surface area contributed by atoms with Crippen LogP contribution in [-0.4, -0.2) is 29.6 Å². The van der Waals surface area contributed by atoms with Crippen molar-refractivity contribution in [2.45, 2.75) is 84.2 Å². The van der Waals surface area contributed by atoms with E-state index in [1.807, 2.05) is 19.1 Å². The zero-order valence-electron chi connectivity index (χ0n) is 19.6. The van der Waals surface area contributed by atoms with Gasteiger partial charge in [-0.25, -0.2) is 0 Å². The second kappa shape index (κ2) is 13.6. The second-order valence-corrected chi connectivity index (χ2v) is 8.90. The van der Waals surface area contributed by atoms with E-state index in [-0.39, 0.29) is 0 Å². The van der Waals surface area contributed by atoms with Gasteiger partial charge in [-0.2, -0.15) is 0 Å². The molecule has 0 aliphatic carbocycles. The van der Waals surface area contributed by atoms with Crippen LogP contribution in [0.5, 0.6) is 0 Å². The average Bonchev–Trinajstić information content (AvgIpc) is 2.78. The monoisotopic (exact) mass is 409 g/mol. The smallest absolute Gasteiger partial charge is 0.0886 e. The number of rotatable bonds is 15. The van der Waals surface area contributed by atoms with Gasteiger partial charge in [0.25, 0.3) is 0 Å². The fraction of sp³-hybridized carbons (Fsp3) is 0.571. The molecule has 1 atom stereocenters. The van der Waals surface area contributed by atoms with Gasteiger partial charge in [-0.3, -0.25) is 0 Å². The minimum Gasteiger partial charge on any atom is -0.385 e. The predicted octanol–water partition coefficient (Wildman–Crippen LogP) is 7.41. The zero-order chi connectivity index (χ0) is 21.7. The summed E-state index contributed by atoms with van der Waals surface area (Å²) < 4.78 is 0. The van der Waals surface area contributed by atoms with Crippen molar-refractivity contribution >= 4 is 0 Å². The van der Waals surface area contributed by atoms with E-state index < -0.39 is 5.60 Å². The van der Waals surface area contributed by atoms with Crippen molar-refractivity contribution in [3.05, 3.63) is 60.2 Å². The summed E-state index contributed by atoms with van der Waals surface area (Å²) in [6.45, 7) is 9.79. The van der Waals surface area contributed by atoms with Gasteiger partial charge < -0.3 is 10.0 Å². The maximum atomic E-state index is 11.5. The van der Waals surface area contributed by atoms with Crippen molar-refractivity contribution in [1.82, 2.24) is 4.90 Å². The van der Waals surface area contributed by atoms with E-state index >= 15 is 0 Å². The summed E-state index contributed by atoms with van der Waals surface area (Å²) in [5.74, 6) is 0. The fourth-order valence-electron chi connectivity index (χ4n) is 4.19. The number of benzene rings is 2. The number of nitrogens with zero attached hydrogens (tertiary/aromatic N) is 1. The van der Waals surface area contributed by atoms with Crippen LogP contribution in [0.25, 0.3) is 11.1 Å². The molecule has 0 amide bonds. The van der Waals surface area contributed by atoms with Gasteiger partial charge in [0, 0.05) is 6.54 Å². The molecule has 2 rings (SSSR count). The Labute approximate surface area is 185 Å². The van der Waals surface area contributed by atoms with Gasteiger partial charge >= 0.3 is 0 Å². The van der Waals surface area contributed by atoms with Crippen LogP contribution in [0.15, 0.2) is 54.6 Å². The number of aliphatic hydroxyl groups is 1. The molecule has 0 aliphatic heterocycles. The van der Waals surface area contributed by atoms with E-state index in [4.69, 9.17) is 0 Å². The summed E-state index contributed by atoms with van der Waals surface area (Å²) in [7, 11) is 0. The summed E-state index contributed by atoms with van der Waals surface area (Å²) in [4.78, 5) is 2.59. The lowest BCUT2D eigenvalue weighted by atomic mass is 9.86. The molecule has 30 heavy (non-hydrogen) atoms. The SMILES string of the molecule is CCCCCCN(CCCCCC)CCC(C)(O)c1ccccc1-c1ccccc1. The minimum atomic E-state index is -0.836. The second-order valence-electron chi connectivity index (χ2n) is 8.90. The largest absolute Gasteiger partial charge is 0.385 e. The Morgan fingerprint density at radius 2 is 1.27 bits per heavy atom. The van der Waals surface area contributed by atoms with Gasteiger partial charge in [-0.1, -0.05) is 107 Å². The molecule has 0 radical (unpaired) electrons. The molecule has 0 aliphatic rings. The lowest BCUT2D eigenvalue weighted by Crippen LogP contribution is -2.33. The third-order valence-electron chi connectivity index (χ3n) is 6.16. The van der Waals surface area contributed by atoms with Crippen LogP contribution in [0.2, 0.25) is 0 Å². The number of hydrogen-bond donors (Lipinski definition) is 1. The molecule has 2 aromatic carbocycles. The molecule has 2 heteroatoms. The molecular weight excluding hydrogens is 366 g/mol. The zero-order valence-corrected chi connectivity index (χ0v) is 19.6. The maximum Gasteiger partial charge on any atom is 0.0886 e. The maximum absolute atomic E-state index is 11.5. The van der Waals surface area contributed by atoms with Crippen LogP contribution < -0.4 is 0 Å². The van der Waals surface area contributed by atoms with Gasteiger partial charge in [0.1, 0.15) is 0 Å². The molecule has 0 fully saturated rings. The third-order valence-corrected chi connectivity index (χ3v) is 6.16. The van der Waals surface area contributed by atoms with E-state index in [1.165, 1.54) is 56.9 Å². The molecule has 1 N–H and O–H groups in total. The van der Waals surface area contributed by atoms with Gasteiger partial charge in [-0.15, -0.1) is 0 Å². The molecule has 0 saturated carbocycles. The van der Waals surface area contributed by atoms with Crippen LogP contribution in [0.3, 0.4) is 0 Å². The average molecular weight is 410 g/mol. The minimum absolute atomic E-state index is 0.762. The van der Waals surface area contributed by atoms with Crippen LogP contribution in [0, 0.1) is 0 Å². The summed E-state index contributed by atoms with van der Waals surface area (Å²) in [6.07, 6.45) is 11.1. The highest BCUT2D eigenvalue weighted by Gasteiger charge is 2.26. The van der Waals surface area contributed by atoms with E-state index in [1.54, 1.807) is 0 Å². The predicted molar refractivity (Wildman–Crippen MR) is 131 cm³/mol. The molecule has 0 heterocycles. The Bertz CT molecular complexity index is 683. The van der Waals surface area contributed by atoms with Crippen molar-refractivity contribution in [2.24, 2.45) is 0 Å². The van der Waals surface area contributed by atoms with Crippen molar-refractivity contribution in [3.8, 4) is 11.1 Å². The molecule has 0 bridgehead atoms. The molecule has 0 aromatic heterocycles. The standard InChI is InChI=1S/C28H43NO/c1-4-6-8-15-22-29(23-16-9-7-5-2)24-21-28(3,30)27-20-14-13-19-26(27)25-17-11-10-12-18-25/h10-14,17-20,30H,4-9,15-16,21-24H2,1-3H3. The Kier molecular flexibility index (Phi) is 11.2. The molecule has 0 spiro atoms. The molecule has 2 nitrogen and oxygen atoms in total. The molecule has 1 unspecified atom stereocenters. The first-order chi connectivity index (χ1) is 14.6. The first-order valence-electron chi connectivity index (χ1n) is 12.2. The van der Waals surface area contributed by atoms with E-state index in [2.05, 4.69) is 61.2 Å². The molecule has 0 saturated heterocycles. The molecular formula is C28H43NO. The highest BCUT2D eigenvalue weighted by atomic mass is 16.3. The van der Waals surface area contributed by atoms with Crippen LogP contribution in [-0.2, 0) is 5.60 Å². The van der Waals surface area contributed by atoms with Gasteiger partial charge in [0.05, 0.1) is 5.60 Å². The third kappa shape index (κ3) is 8.24. The summed E-state index contributed by atoms with van der Waals surface area (Å²) >= 11 is 0.